The molecular weight excluding hydrogens is 646 g/mol. The Morgan fingerprint density at radius 2 is 1.14 bits per heavy atom. The predicted molar refractivity (Wildman–Crippen MR) is 219 cm³/mol. The van der Waals surface area contributed by atoms with Crippen LogP contribution in [-0.4, -0.2) is 26.0 Å². The summed E-state index contributed by atoms with van der Waals surface area (Å²) in [7, 11) is 2.16. The third kappa shape index (κ3) is 7.65. The molecule has 4 atom stereocenters. The van der Waals surface area contributed by atoms with E-state index in [4.69, 9.17) is 9.47 Å². The van der Waals surface area contributed by atoms with Gasteiger partial charge in [-0.2, -0.15) is 0 Å². The molecule has 0 radical (unpaired) electrons. The van der Waals surface area contributed by atoms with Crippen molar-refractivity contribution in [1.29, 1.82) is 0 Å². The van der Waals surface area contributed by atoms with E-state index in [0.29, 0.717) is 5.66 Å². The molecule has 2 aliphatic carbocycles. The first-order valence-corrected chi connectivity index (χ1v) is 20.8. The number of allylic oxidation sites excluding steroid dienone is 4. The molecule has 4 aromatic rings. The van der Waals surface area contributed by atoms with Gasteiger partial charge in [-0.05, 0) is 140 Å². The number of benzene rings is 4. The molecule has 0 amide bonds. The largest absolute Gasteiger partial charge is 0.501 e. The van der Waals surface area contributed by atoms with E-state index in [2.05, 4.69) is 146 Å². The van der Waals surface area contributed by atoms with Crippen LogP contribution in [0.3, 0.4) is 0 Å². The van der Waals surface area contributed by atoms with Gasteiger partial charge in [0.05, 0.1) is 19.0 Å². The standard InChI is InChI=1S/C46H54O2P2/c1-29-19-30(2)23-38(22-29)49(37-18-17-35(7)36(8)28-37)43-15-11-13-41(47-9)45(43)46-42(48-10)14-12-16-44(46)50(39-24-31(3)20-32(4)25-39)40-26-33(5)21-34(6)27-40/h12-13,16-28,42-43,45H,11,14-15H2,1-10H3/t42-,43?,45+,49?/m1/s1. The van der Waals surface area contributed by atoms with Crippen molar-refractivity contribution in [1.82, 2.24) is 0 Å². The van der Waals surface area contributed by atoms with Crippen molar-refractivity contribution in [2.45, 2.75) is 86.4 Å². The van der Waals surface area contributed by atoms with E-state index in [1.54, 1.807) is 0 Å². The molecule has 0 spiro atoms. The van der Waals surface area contributed by atoms with Gasteiger partial charge in [0.15, 0.2) is 0 Å². The van der Waals surface area contributed by atoms with Crippen molar-refractivity contribution in [2.75, 3.05) is 14.2 Å². The minimum Gasteiger partial charge on any atom is -0.501 e. The highest BCUT2D eigenvalue weighted by molar-refractivity contribution is 7.77. The quantitative estimate of drug-likeness (QED) is 0.162. The highest BCUT2D eigenvalue weighted by Gasteiger charge is 2.43. The number of methoxy groups -OCH3 is 2. The molecule has 0 aliphatic heterocycles. The minimum absolute atomic E-state index is 0.0307. The van der Waals surface area contributed by atoms with Gasteiger partial charge in [-0.15, -0.1) is 0 Å². The molecule has 4 heteroatoms. The first-order chi connectivity index (χ1) is 24.0. The second-order valence-electron chi connectivity index (χ2n) is 14.6. The molecule has 4 aromatic carbocycles. The highest BCUT2D eigenvalue weighted by Crippen LogP contribution is 2.57. The Labute approximate surface area is 304 Å². The van der Waals surface area contributed by atoms with Crippen LogP contribution in [0.5, 0.6) is 0 Å². The van der Waals surface area contributed by atoms with Crippen molar-refractivity contribution in [3.05, 3.63) is 152 Å². The average Bonchev–Trinajstić information content (AvgIpc) is 3.05. The fourth-order valence-electron chi connectivity index (χ4n) is 8.29. The first kappa shape index (κ1) is 36.5. The van der Waals surface area contributed by atoms with E-state index in [1.165, 1.54) is 76.6 Å². The van der Waals surface area contributed by atoms with Crippen LogP contribution in [0.2, 0.25) is 0 Å². The smallest absolute Gasteiger partial charge is 0.0994 e. The monoisotopic (exact) mass is 700 g/mol. The molecule has 2 nitrogen and oxygen atoms in total. The summed E-state index contributed by atoms with van der Waals surface area (Å²) >= 11 is 0. The molecule has 2 unspecified atom stereocenters. The third-order valence-corrected chi connectivity index (χ3v) is 15.7. The molecular formula is C46H54O2P2. The molecule has 0 aromatic heterocycles. The van der Waals surface area contributed by atoms with Crippen LogP contribution < -0.4 is 21.2 Å². The lowest BCUT2D eigenvalue weighted by Gasteiger charge is -2.43. The van der Waals surface area contributed by atoms with Crippen LogP contribution in [0, 0.1) is 61.3 Å². The SMILES string of the molecule is COC1=CCCC(P(c2cc(C)cc(C)c2)c2ccc(C)c(C)c2)[C@H]1C1=C(P(c2cc(C)cc(C)c2)c2cc(C)cc(C)c2)C=CC[C@H]1OC. The van der Waals surface area contributed by atoms with Crippen LogP contribution in [0.15, 0.2) is 108 Å². The molecule has 6 rings (SSSR count). The molecule has 2 aliphatic rings. The Kier molecular flexibility index (Phi) is 11.3. The second-order valence-corrected chi connectivity index (χ2v) is 19.3. The summed E-state index contributed by atoms with van der Waals surface area (Å²) < 4.78 is 13.0. The molecule has 50 heavy (non-hydrogen) atoms. The van der Waals surface area contributed by atoms with E-state index >= 15 is 0 Å². The Balaban J connectivity index is 1.67. The molecule has 0 saturated heterocycles. The van der Waals surface area contributed by atoms with Gasteiger partial charge in [-0.3, -0.25) is 0 Å². The molecule has 0 N–H and O–H groups in total. The second kappa shape index (κ2) is 15.5. The lowest BCUT2D eigenvalue weighted by molar-refractivity contribution is 0.117. The van der Waals surface area contributed by atoms with Crippen molar-refractivity contribution in [2.24, 2.45) is 5.92 Å². The lowest BCUT2D eigenvalue weighted by atomic mass is 9.81. The predicted octanol–water partition coefficient (Wildman–Crippen LogP) is 10.3. The normalized spacial score (nSPS) is 19.9. The molecule has 0 fully saturated rings. The van der Waals surface area contributed by atoms with E-state index in [1.807, 2.05) is 14.2 Å². The van der Waals surface area contributed by atoms with Crippen LogP contribution in [0.25, 0.3) is 0 Å². The maximum Gasteiger partial charge on any atom is 0.0994 e. The zero-order valence-corrected chi connectivity index (χ0v) is 33.5. The molecule has 0 bridgehead atoms. The summed E-state index contributed by atoms with van der Waals surface area (Å²) in [6.07, 6.45) is 10.1. The topological polar surface area (TPSA) is 18.5 Å². The van der Waals surface area contributed by atoms with Crippen molar-refractivity contribution >= 4 is 37.1 Å². The summed E-state index contributed by atoms with van der Waals surface area (Å²) in [5.41, 5.74) is 12.4. The van der Waals surface area contributed by atoms with E-state index in [0.717, 1.165) is 25.0 Å². The van der Waals surface area contributed by atoms with Gasteiger partial charge in [0.25, 0.3) is 0 Å². The zero-order chi connectivity index (χ0) is 35.7. The van der Waals surface area contributed by atoms with Crippen LogP contribution >= 0.6 is 15.8 Å². The lowest BCUT2D eigenvalue weighted by Crippen LogP contribution is -2.38. The molecule has 260 valence electrons. The van der Waals surface area contributed by atoms with Crippen molar-refractivity contribution in [3.63, 3.8) is 0 Å². The van der Waals surface area contributed by atoms with Crippen molar-refractivity contribution in [3.8, 4) is 0 Å². The summed E-state index contributed by atoms with van der Waals surface area (Å²) in [5.74, 6) is 1.19. The van der Waals surface area contributed by atoms with Gasteiger partial charge in [-0.1, -0.05) is 118 Å². The number of hydrogen-bond acceptors (Lipinski definition) is 2. The van der Waals surface area contributed by atoms with Crippen molar-refractivity contribution < 1.29 is 9.47 Å². The Morgan fingerprint density at radius 3 is 1.64 bits per heavy atom. The number of rotatable bonds is 9. The van der Waals surface area contributed by atoms with Gasteiger partial charge in [-0.25, -0.2) is 0 Å². The van der Waals surface area contributed by atoms with Crippen LogP contribution in [0.1, 0.15) is 63.8 Å². The maximum atomic E-state index is 6.54. The van der Waals surface area contributed by atoms with Gasteiger partial charge < -0.3 is 9.47 Å². The fraction of sp³-hybridized carbons (Fsp3) is 0.348. The van der Waals surface area contributed by atoms with Gasteiger partial charge >= 0.3 is 0 Å². The van der Waals surface area contributed by atoms with E-state index in [-0.39, 0.29) is 12.0 Å². The average molecular weight is 701 g/mol. The van der Waals surface area contributed by atoms with Gasteiger partial charge in [0.1, 0.15) is 0 Å². The van der Waals surface area contributed by atoms with E-state index in [9.17, 15) is 0 Å². The van der Waals surface area contributed by atoms with Crippen LogP contribution in [0.4, 0.5) is 0 Å². The number of aryl methyl sites for hydroxylation is 8. The molecule has 0 heterocycles. The summed E-state index contributed by atoms with van der Waals surface area (Å²) in [6, 6.07) is 28.7. The number of hydrogen-bond donors (Lipinski definition) is 0. The zero-order valence-electron chi connectivity index (χ0n) is 31.7. The summed E-state index contributed by atoms with van der Waals surface area (Å²) in [6.45, 7) is 17.9. The highest BCUT2D eigenvalue weighted by atomic mass is 31.1. The fourth-order valence-corrected chi connectivity index (χ4v) is 14.6. The summed E-state index contributed by atoms with van der Waals surface area (Å²) in [4.78, 5) is 0. The Bertz CT molecular complexity index is 1870. The van der Waals surface area contributed by atoms with Gasteiger partial charge in [0.2, 0.25) is 0 Å². The van der Waals surface area contributed by atoms with E-state index < -0.39 is 15.8 Å². The Morgan fingerprint density at radius 1 is 0.600 bits per heavy atom. The number of ether oxygens (including phenoxy) is 2. The minimum atomic E-state index is -0.884. The van der Waals surface area contributed by atoms with Gasteiger partial charge in [0, 0.05) is 18.7 Å². The van der Waals surface area contributed by atoms with Crippen LogP contribution in [-0.2, 0) is 9.47 Å². The third-order valence-electron chi connectivity index (χ3n) is 10.4. The molecule has 0 saturated carbocycles. The maximum absolute atomic E-state index is 6.54. The summed E-state index contributed by atoms with van der Waals surface area (Å²) in [5, 5.41) is 7.13. The first-order valence-electron chi connectivity index (χ1n) is 18.1. The Hall–Kier alpha value is -3.28.